The molecule has 0 radical (unpaired) electrons. The van der Waals surface area contributed by atoms with Gasteiger partial charge in [0.1, 0.15) is 12.4 Å². The summed E-state index contributed by atoms with van der Waals surface area (Å²) >= 11 is 0. The van der Waals surface area contributed by atoms with Crippen molar-refractivity contribution in [2.45, 2.75) is 18.2 Å². The van der Waals surface area contributed by atoms with E-state index < -0.39 is 24.1 Å². The number of hydrogen-bond donors (Lipinski definition) is 1. The highest BCUT2D eigenvalue weighted by Crippen LogP contribution is 2.44. The Morgan fingerprint density at radius 3 is 2.00 bits per heavy atom. The summed E-state index contributed by atoms with van der Waals surface area (Å²) in [6, 6.07) is 20.6. The normalized spacial score (nSPS) is 13.4. The molecule has 0 unspecified atom stereocenters. The number of carbonyl (C=O) groups excluding carboxylic acids is 1. The van der Waals surface area contributed by atoms with Crippen molar-refractivity contribution in [1.82, 2.24) is 5.32 Å². The molecule has 0 spiro atoms. The van der Waals surface area contributed by atoms with Gasteiger partial charge in [0.2, 0.25) is 0 Å². The summed E-state index contributed by atoms with van der Waals surface area (Å²) < 4.78 is 71.7. The third-order valence-electron chi connectivity index (χ3n) is 5.47. The van der Waals surface area contributed by atoms with Gasteiger partial charge in [-0.25, -0.2) is 4.79 Å². The number of ether oxygens (including phenoxy) is 2. The second-order valence-corrected chi connectivity index (χ2v) is 7.79. The molecule has 0 atom stereocenters. The average molecular weight is 489 g/mol. The lowest BCUT2D eigenvalue weighted by Crippen LogP contribution is -2.41. The van der Waals surface area contributed by atoms with E-state index in [0.29, 0.717) is 5.56 Å². The van der Waals surface area contributed by atoms with E-state index in [2.05, 4.69) is 10.1 Å². The van der Waals surface area contributed by atoms with Gasteiger partial charge in [0.05, 0.1) is 0 Å². The highest BCUT2D eigenvalue weighted by atomic mass is 19.4. The van der Waals surface area contributed by atoms with Gasteiger partial charge in [-0.05, 0) is 39.9 Å². The van der Waals surface area contributed by atoms with Crippen molar-refractivity contribution in [2.75, 3.05) is 13.2 Å². The summed E-state index contributed by atoms with van der Waals surface area (Å²) in [5, 5.41) is 2.59. The highest BCUT2D eigenvalue weighted by molar-refractivity contribution is 5.79. The van der Waals surface area contributed by atoms with Gasteiger partial charge >= 0.3 is 18.4 Å². The van der Waals surface area contributed by atoms with E-state index in [0.717, 1.165) is 34.4 Å². The maximum absolute atomic E-state index is 12.9. The Morgan fingerprint density at radius 1 is 0.857 bits per heavy atom. The number of hydrogen-bond acceptors (Lipinski definition) is 3. The Hall–Kier alpha value is -3.88. The molecule has 1 amide bonds. The van der Waals surface area contributed by atoms with Crippen LogP contribution in [0.5, 0.6) is 5.75 Å². The molecule has 1 N–H and O–H groups in total. The summed E-state index contributed by atoms with van der Waals surface area (Å²) in [6.07, 6.45) is -8.54. The lowest BCUT2D eigenvalue weighted by atomic mass is 9.98. The van der Waals surface area contributed by atoms with Crippen LogP contribution in [0.25, 0.3) is 17.2 Å². The number of fused-ring (bicyclic) bond motifs is 3. The predicted octanol–water partition coefficient (Wildman–Crippen LogP) is 6.77. The molecule has 35 heavy (non-hydrogen) atoms. The van der Waals surface area contributed by atoms with E-state index in [1.54, 1.807) is 12.2 Å². The molecule has 4 rings (SSSR count). The Balaban J connectivity index is 1.26. The van der Waals surface area contributed by atoms with Gasteiger partial charge in [-0.15, -0.1) is 0 Å². The zero-order valence-corrected chi connectivity index (χ0v) is 18.2. The number of alkyl carbamates (subject to hydrolysis) is 1. The van der Waals surface area contributed by atoms with Crippen molar-refractivity contribution in [2.24, 2.45) is 0 Å². The quantitative estimate of drug-likeness (QED) is 0.373. The molecule has 3 aromatic rings. The average Bonchev–Trinajstić information content (AvgIpc) is 3.14. The largest absolute Gasteiger partial charge is 0.499 e. The molecule has 0 fully saturated rings. The first-order valence-electron chi connectivity index (χ1n) is 10.6. The van der Waals surface area contributed by atoms with Crippen LogP contribution in [0.1, 0.15) is 22.6 Å². The van der Waals surface area contributed by atoms with Gasteiger partial charge in [0, 0.05) is 12.5 Å². The standard InChI is InChI=1S/C26H20F5NO3/c27-25(28,29)26(30,31)35-18-13-11-17(12-14-18)6-5-15-32-24(33)34-16-23-21-9-3-1-7-19(21)20-8-2-4-10-22(20)23/h1-14,23H,15-16H2,(H,32,33). The molecule has 1 aliphatic carbocycles. The zero-order valence-electron chi connectivity index (χ0n) is 18.2. The highest BCUT2D eigenvalue weighted by Gasteiger charge is 2.61. The first kappa shape index (κ1) is 24.3. The van der Waals surface area contributed by atoms with Crippen LogP contribution in [0.3, 0.4) is 0 Å². The van der Waals surface area contributed by atoms with Crippen molar-refractivity contribution in [1.29, 1.82) is 0 Å². The molecule has 9 heteroatoms. The Morgan fingerprint density at radius 2 is 1.43 bits per heavy atom. The Labute approximate surface area is 198 Å². The van der Waals surface area contributed by atoms with Crippen LogP contribution in [0.15, 0.2) is 78.9 Å². The number of amides is 1. The third kappa shape index (κ3) is 5.45. The van der Waals surface area contributed by atoms with Gasteiger partial charge in [-0.1, -0.05) is 72.8 Å². The molecule has 0 saturated carbocycles. The lowest BCUT2D eigenvalue weighted by molar-refractivity contribution is -0.360. The number of halogens is 5. The van der Waals surface area contributed by atoms with Gasteiger partial charge < -0.3 is 14.8 Å². The molecular weight excluding hydrogens is 469 g/mol. The van der Waals surface area contributed by atoms with E-state index in [1.165, 1.54) is 12.1 Å². The molecule has 4 nitrogen and oxygen atoms in total. The third-order valence-corrected chi connectivity index (χ3v) is 5.47. The van der Waals surface area contributed by atoms with E-state index >= 15 is 0 Å². The number of carbonyl (C=O) groups is 1. The van der Waals surface area contributed by atoms with Gasteiger partial charge in [0.15, 0.2) is 0 Å². The fourth-order valence-electron chi connectivity index (χ4n) is 3.84. The summed E-state index contributed by atoms with van der Waals surface area (Å²) in [5.74, 6) is -0.685. The van der Waals surface area contributed by atoms with E-state index in [1.807, 2.05) is 48.5 Å². The topological polar surface area (TPSA) is 47.6 Å². The second-order valence-electron chi connectivity index (χ2n) is 7.79. The molecule has 1 aliphatic rings. The van der Waals surface area contributed by atoms with Crippen LogP contribution >= 0.6 is 0 Å². The minimum absolute atomic E-state index is 0.0610. The zero-order chi connectivity index (χ0) is 25.1. The molecule has 0 heterocycles. The van der Waals surface area contributed by atoms with Crippen LogP contribution in [0.4, 0.5) is 26.7 Å². The fraction of sp³-hybridized carbons (Fsp3) is 0.192. The molecule has 0 aliphatic heterocycles. The molecular formula is C26H20F5NO3. The first-order valence-corrected chi connectivity index (χ1v) is 10.6. The van der Waals surface area contributed by atoms with Crippen LogP contribution < -0.4 is 10.1 Å². The van der Waals surface area contributed by atoms with E-state index in [-0.39, 0.29) is 19.1 Å². The van der Waals surface area contributed by atoms with Crippen LogP contribution in [0, 0.1) is 0 Å². The minimum atomic E-state index is -5.81. The number of benzene rings is 3. The minimum Gasteiger partial charge on any atom is -0.449 e. The maximum Gasteiger partial charge on any atom is 0.499 e. The Kier molecular flexibility index (Phi) is 6.77. The molecule has 0 aromatic heterocycles. The summed E-state index contributed by atoms with van der Waals surface area (Å²) in [4.78, 5) is 12.1. The SMILES string of the molecule is O=C(NCC=Cc1ccc(OC(F)(F)C(F)(F)F)cc1)OCC1c2ccccc2-c2ccccc21. The number of alkyl halides is 5. The number of nitrogens with one attached hydrogen (secondary N) is 1. The molecule has 3 aromatic carbocycles. The van der Waals surface area contributed by atoms with Gasteiger partial charge in [-0.2, -0.15) is 22.0 Å². The summed E-state index contributed by atoms with van der Waals surface area (Å²) in [5.41, 5.74) is 4.96. The van der Waals surface area contributed by atoms with Crippen molar-refractivity contribution in [3.8, 4) is 16.9 Å². The maximum atomic E-state index is 12.9. The summed E-state index contributed by atoms with van der Waals surface area (Å²) in [7, 11) is 0. The van der Waals surface area contributed by atoms with Crippen LogP contribution in [-0.2, 0) is 4.74 Å². The van der Waals surface area contributed by atoms with Gasteiger partial charge in [-0.3, -0.25) is 0 Å². The second kappa shape index (κ2) is 9.77. The lowest BCUT2D eigenvalue weighted by Gasteiger charge is -2.20. The Bertz CT molecular complexity index is 1180. The smallest absolute Gasteiger partial charge is 0.449 e. The molecule has 182 valence electrons. The van der Waals surface area contributed by atoms with Crippen LogP contribution in [0.2, 0.25) is 0 Å². The monoisotopic (exact) mass is 489 g/mol. The fourth-order valence-corrected chi connectivity index (χ4v) is 3.84. The van der Waals surface area contributed by atoms with E-state index in [9.17, 15) is 26.7 Å². The van der Waals surface area contributed by atoms with E-state index in [4.69, 9.17) is 4.74 Å². The van der Waals surface area contributed by atoms with Crippen molar-refractivity contribution < 1.29 is 36.2 Å². The first-order chi connectivity index (χ1) is 16.7. The van der Waals surface area contributed by atoms with Crippen molar-refractivity contribution in [3.63, 3.8) is 0 Å². The number of rotatable bonds is 7. The van der Waals surface area contributed by atoms with Crippen LogP contribution in [-0.4, -0.2) is 31.5 Å². The summed E-state index contributed by atoms with van der Waals surface area (Å²) in [6.45, 7) is 0.300. The van der Waals surface area contributed by atoms with Crippen molar-refractivity contribution >= 4 is 12.2 Å². The molecule has 0 saturated heterocycles. The van der Waals surface area contributed by atoms with Crippen molar-refractivity contribution in [3.05, 3.63) is 95.6 Å². The predicted molar refractivity (Wildman–Crippen MR) is 120 cm³/mol. The van der Waals surface area contributed by atoms with Gasteiger partial charge in [0.25, 0.3) is 0 Å². The molecule has 0 bridgehead atoms.